The summed E-state index contributed by atoms with van der Waals surface area (Å²) in [5.41, 5.74) is 0.756. The highest BCUT2D eigenvalue weighted by Crippen LogP contribution is 2.26. The van der Waals surface area contributed by atoms with Crippen molar-refractivity contribution in [1.29, 1.82) is 0 Å². The van der Waals surface area contributed by atoms with Gasteiger partial charge in [0.15, 0.2) is 0 Å². The van der Waals surface area contributed by atoms with E-state index in [1.165, 1.54) is 5.56 Å². The number of pyridine rings is 1. The molecule has 2 rings (SSSR count). The van der Waals surface area contributed by atoms with E-state index in [-0.39, 0.29) is 6.09 Å². The van der Waals surface area contributed by atoms with Gasteiger partial charge in [-0.05, 0) is 51.7 Å². The summed E-state index contributed by atoms with van der Waals surface area (Å²) in [5.74, 6) is 1.51. The second-order valence-corrected chi connectivity index (χ2v) is 7.61. The van der Waals surface area contributed by atoms with Gasteiger partial charge in [-0.2, -0.15) is 0 Å². The predicted molar refractivity (Wildman–Crippen MR) is 85.6 cm³/mol. The lowest BCUT2D eigenvalue weighted by Crippen LogP contribution is -2.35. The number of aromatic nitrogens is 1. The third kappa shape index (κ3) is 5.23. The minimum absolute atomic E-state index is 0.191. The van der Waals surface area contributed by atoms with Crippen molar-refractivity contribution in [1.82, 2.24) is 9.88 Å². The molecule has 1 aromatic heterocycles. The molecule has 21 heavy (non-hydrogen) atoms. The molecule has 1 fully saturated rings. The highest BCUT2D eigenvalue weighted by atomic mass is 32.2. The van der Waals surface area contributed by atoms with E-state index in [4.69, 9.17) is 4.74 Å². The number of thioether (sulfide) groups is 1. The second kappa shape index (κ2) is 6.69. The molecule has 0 aromatic carbocycles. The maximum atomic E-state index is 12.0. The molecule has 1 amide bonds. The van der Waals surface area contributed by atoms with Crippen LogP contribution in [0.25, 0.3) is 0 Å². The Bertz CT molecular complexity index is 482. The highest BCUT2D eigenvalue weighted by Gasteiger charge is 2.29. The Morgan fingerprint density at radius 3 is 2.86 bits per heavy atom. The molecule has 0 unspecified atom stereocenters. The number of ether oxygens (including phenoxy) is 1. The number of carbonyl (C=O) groups is 1. The lowest BCUT2D eigenvalue weighted by atomic mass is 10.2. The van der Waals surface area contributed by atoms with Gasteiger partial charge in [0.05, 0.1) is 5.03 Å². The van der Waals surface area contributed by atoms with Crippen LogP contribution in [-0.4, -0.2) is 40.4 Å². The lowest BCUT2D eigenvalue weighted by molar-refractivity contribution is 0.0289. The molecular formula is C16H24N2O2S. The van der Waals surface area contributed by atoms with Crippen molar-refractivity contribution >= 4 is 17.9 Å². The number of aryl methyl sites for hydroxylation is 1. The van der Waals surface area contributed by atoms with Gasteiger partial charge in [0.1, 0.15) is 5.60 Å². The van der Waals surface area contributed by atoms with Crippen LogP contribution in [0, 0.1) is 12.8 Å². The largest absolute Gasteiger partial charge is 0.444 e. The maximum Gasteiger partial charge on any atom is 0.410 e. The number of amides is 1. The van der Waals surface area contributed by atoms with Crippen molar-refractivity contribution in [2.24, 2.45) is 5.92 Å². The van der Waals surface area contributed by atoms with Gasteiger partial charge in [0.2, 0.25) is 0 Å². The van der Waals surface area contributed by atoms with Gasteiger partial charge in [-0.25, -0.2) is 9.78 Å². The van der Waals surface area contributed by atoms with Crippen LogP contribution < -0.4 is 0 Å². The lowest BCUT2D eigenvalue weighted by Gasteiger charge is -2.24. The molecule has 1 aromatic rings. The van der Waals surface area contributed by atoms with Crippen LogP contribution in [0.5, 0.6) is 0 Å². The van der Waals surface area contributed by atoms with Crippen molar-refractivity contribution in [3.63, 3.8) is 0 Å². The molecule has 2 heterocycles. The number of hydrogen-bond acceptors (Lipinski definition) is 4. The number of hydrogen-bond donors (Lipinski definition) is 0. The Morgan fingerprint density at radius 2 is 2.24 bits per heavy atom. The molecule has 1 saturated heterocycles. The summed E-state index contributed by atoms with van der Waals surface area (Å²) >= 11 is 1.76. The fourth-order valence-electron chi connectivity index (χ4n) is 2.20. The summed E-state index contributed by atoms with van der Waals surface area (Å²) in [4.78, 5) is 18.2. The Labute approximate surface area is 131 Å². The topological polar surface area (TPSA) is 42.4 Å². The van der Waals surface area contributed by atoms with E-state index >= 15 is 0 Å². The SMILES string of the molecule is Cc1ccc(SC[C@@H]2CCN(C(=O)OC(C)(C)C)C2)nc1. The first-order chi connectivity index (χ1) is 9.83. The minimum Gasteiger partial charge on any atom is -0.444 e. The fraction of sp³-hybridized carbons (Fsp3) is 0.625. The monoisotopic (exact) mass is 308 g/mol. The zero-order valence-electron chi connectivity index (χ0n) is 13.3. The average Bonchev–Trinajstić information content (AvgIpc) is 2.85. The third-order valence-electron chi connectivity index (χ3n) is 3.29. The van der Waals surface area contributed by atoms with Crippen molar-refractivity contribution in [2.45, 2.75) is 44.7 Å². The Kier molecular flexibility index (Phi) is 5.14. The van der Waals surface area contributed by atoms with Crippen LogP contribution in [0.4, 0.5) is 4.79 Å². The molecule has 0 spiro atoms. The first-order valence-corrected chi connectivity index (χ1v) is 8.35. The average molecular weight is 308 g/mol. The van der Waals surface area contributed by atoms with Crippen molar-refractivity contribution < 1.29 is 9.53 Å². The molecule has 0 aliphatic carbocycles. The summed E-state index contributed by atoms with van der Waals surface area (Å²) in [7, 11) is 0. The quantitative estimate of drug-likeness (QED) is 0.798. The summed E-state index contributed by atoms with van der Waals surface area (Å²) < 4.78 is 5.41. The molecule has 0 bridgehead atoms. The Balaban J connectivity index is 1.77. The van der Waals surface area contributed by atoms with Crippen LogP contribution in [0.3, 0.4) is 0 Å². The molecule has 1 atom stereocenters. The molecule has 0 saturated carbocycles. The number of nitrogens with zero attached hydrogens (tertiary/aromatic N) is 2. The fourth-order valence-corrected chi connectivity index (χ4v) is 3.17. The predicted octanol–water partition coefficient (Wildman–Crippen LogP) is 3.74. The third-order valence-corrected chi connectivity index (χ3v) is 4.46. The van der Waals surface area contributed by atoms with Gasteiger partial charge in [-0.3, -0.25) is 0 Å². The Hall–Kier alpha value is -1.23. The van der Waals surface area contributed by atoms with E-state index in [0.29, 0.717) is 5.92 Å². The molecule has 1 aliphatic heterocycles. The molecular weight excluding hydrogens is 284 g/mol. The van der Waals surface area contributed by atoms with Gasteiger partial charge in [-0.1, -0.05) is 6.07 Å². The van der Waals surface area contributed by atoms with E-state index < -0.39 is 5.60 Å². The van der Waals surface area contributed by atoms with Crippen molar-refractivity contribution in [2.75, 3.05) is 18.8 Å². The van der Waals surface area contributed by atoms with Crippen molar-refractivity contribution in [3.8, 4) is 0 Å². The zero-order valence-corrected chi connectivity index (χ0v) is 14.1. The minimum atomic E-state index is -0.421. The van der Waals surface area contributed by atoms with Crippen LogP contribution in [0.15, 0.2) is 23.4 Å². The zero-order chi connectivity index (χ0) is 15.5. The number of rotatable bonds is 3. The van der Waals surface area contributed by atoms with E-state index in [0.717, 1.165) is 30.3 Å². The van der Waals surface area contributed by atoms with Crippen LogP contribution in [-0.2, 0) is 4.74 Å². The van der Waals surface area contributed by atoms with Gasteiger partial charge in [0, 0.05) is 25.0 Å². The molecule has 5 heteroatoms. The smallest absolute Gasteiger partial charge is 0.410 e. The van der Waals surface area contributed by atoms with E-state index in [9.17, 15) is 4.79 Å². The summed E-state index contributed by atoms with van der Waals surface area (Å²) in [5, 5.41) is 1.05. The molecule has 0 radical (unpaired) electrons. The molecule has 116 valence electrons. The molecule has 0 N–H and O–H groups in total. The second-order valence-electron chi connectivity index (χ2n) is 6.57. The van der Waals surface area contributed by atoms with E-state index in [1.54, 1.807) is 11.8 Å². The van der Waals surface area contributed by atoms with E-state index in [1.807, 2.05) is 38.8 Å². The van der Waals surface area contributed by atoms with Crippen LogP contribution in [0.1, 0.15) is 32.8 Å². The Morgan fingerprint density at radius 1 is 1.48 bits per heavy atom. The summed E-state index contributed by atoms with van der Waals surface area (Å²) in [6.45, 7) is 9.32. The van der Waals surface area contributed by atoms with Crippen LogP contribution in [0.2, 0.25) is 0 Å². The first-order valence-electron chi connectivity index (χ1n) is 7.37. The van der Waals surface area contributed by atoms with Crippen LogP contribution >= 0.6 is 11.8 Å². The van der Waals surface area contributed by atoms with E-state index in [2.05, 4.69) is 17.1 Å². The molecule has 1 aliphatic rings. The number of carbonyl (C=O) groups excluding carboxylic acids is 1. The van der Waals surface area contributed by atoms with Gasteiger partial charge in [-0.15, -0.1) is 11.8 Å². The van der Waals surface area contributed by atoms with Gasteiger partial charge >= 0.3 is 6.09 Å². The summed E-state index contributed by atoms with van der Waals surface area (Å²) in [6.07, 6.45) is 2.74. The van der Waals surface area contributed by atoms with Gasteiger partial charge < -0.3 is 9.64 Å². The van der Waals surface area contributed by atoms with Gasteiger partial charge in [0.25, 0.3) is 0 Å². The normalized spacial score (nSPS) is 18.9. The number of likely N-dealkylation sites (tertiary alicyclic amines) is 1. The summed E-state index contributed by atoms with van der Waals surface area (Å²) in [6, 6.07) is 4.14. The first kappa shape index (κ1) is 16.1. The molecule has 4 nitrogen and oxygen atoms in total. The maximum absolute atomic E-state index is 12.0. The standard InChI is InChI=1S/C16H24N2O2S/c1-12-5-6-14(17-9-12)21-11-13-7-8-18(10-13)15(19)20-16(2,3)4/h5-6,9,13H,7-8,10-11H2,1-4H3/t13-/m1/s1. The highest BCUT2D eigenvalue weighted by molar-refractivity contribution is 7.99. The van der Waals surface area contributed by atoms with Crippen molar-refractivity contribution in [3.05, 3.63) is 23.9 Å².